The summed E-state index contributed by atoms with van der Waals surface area (Å²) in [5, 5.41) is 2.77. The van der Waals surface area contributed by atoms with Crippen LogP contribution in [0.25, 0.3) is 0 Å². The lowest BCUT2D eigenvalue weighted by Crippen LogP contribution is -2.46. The normalized spacial score (nSPS) is 18.3. The molecule has 1 aliphatic rings. The third-order valence-corrected chi connectivity index (χ3v) is 5.40. The van der Waals surface area contributed by atoms with Crippen molar-refractivity contribution >= 4 is 23.5 Å². The number of ether oxygens (including phenoxy) is 1. The highest BCUT2D eigenvalue weighted by atomic mass is 16.5. The van der Waals surface area contributed by atoms with Crippen LogP contribution in [0.1, 0.15) is 25.8 Å². The zero-order valence-corrected chi connectivity index (χ0v) is 17.6. The van der Waals surface area contributed by atoms with Gasteiger partial charge in [0.05, 0.1) is 7.11 Å². The average molecular weight is 409 g/mol. The molecule has 158 valence electrons. The molecule has 30 heavy (non-hydrogen) atoms. The van der Waals surface area contributed by atoms with Crippen LogP contribution in [0.4, 0.5) is 10.5 Å². The smallest absolute Gasteiger partial charge is 0.325 e. The van der Waals surface area contributed by atoms with E-state index in [1.165, 1.54) is 0 Å². The number of nitrogens with one attached hydrogen (secondary N) is 1. The summed E-state index contributed by atoms with van der Waals surface area (Å²) in [5.41, 5.74) is 0.732. The molecule has 1 heterocycles. The van der Waals surface area contributed by atoms with Gasteiger partial charge < -0.3 is 15.0 Å². The number of para-hydroxylation sites is 1. The standard InChI is InChI=1S/C23H27N3O4/c1-4-25(18-8-6-5-7-9-18)20(27)16-26-21(28)23(2,24-22(26)29)15-14-17-10-12-19(30-3)13-11-17/h5-13H,4,14-16H2,1-3H3,(H,24,29)/t23-/m0/s1. The summed E-state index contributed by atoms with van der Waals surface area (Å²) in [6.07, 6.45) is 1.05. The molecule has 0 saturated carbocycles. The maximum Gasteiger partial charge on any atom is 0.325 e. The highest BCUT2D eigenvalue weighted by molar-refractivity contribution is 6.10. The minimum Gasteiger partial charge on any atom is -0.497 e. The number of hydrogen-bond acceptors (Lipinski definition) is 4. The van der Waals surface area contributed by atoms with Crippen LogP contribution in [0.2, 0.25) is 0 Å². The van der Waals surface area contributed by atoms with Gasteiger partial charge >= 0.3 is 6.03 Å². The van der Waals surface area contributed by atoms with Crippen molar-refractivity contribution in [3.8, 4) is 5.75 Å². The molecule has 0 radical (unpaired) electrons. The molecule has 1 saturated heterocycles. The Morgan fingerprint density at radius 3 is 2.37 bits per heavy atom. The van der Waals surface area contributed by atoms with Crippen molar-refractivity contribution < 1.29 is 19.1 Å². The second kappa shape index (κ2) is 8.98. The van der Waals surface area contributed by atoms with Crippen molar-refractivity contribution in [3.63, 3.8) is 0 Å². The van der Waals surface area contributed by atoms with Gasteiger partial charge in [0.15, 0.2) is 0 Å². The van der Waals surface area contributed by atoms with Crippen molar-refractivity contribution in [1.29, 1.82) is 0 Å². The Morgan fingerprint density at radius 2 is 1.77 bits per heavy atom. The Morgan fingerprint density at radius 1 is 1.10 bits per heavy atom. The van der Waals surface area contributed by atoms with E-state index in [0.717, 1.165) is 21.9 Å². The van der Waals surface area contributed by atoms with Crippen LogP contribution >= 0.6 is 0 Å². The monoisotopic (exact) mass is 409 g/mol. The van der Waals surface area contributed by atoms with Gasteiger partial charge in [-0.05, 0) is 56.5 Å². The highest BCUT2D eigenvalue weighted by Crippen LogP contribution is 2.24. The third-order valence-electron chi connectivity index (χ3n) is 5.40. The van der Waals surface area contributed by atoms with Gasteiger partial charge in [-0.1, -0.05) is 30.3 Å². The van der Waals surface area contributed by atoms with E-state index in [9.17, 15) is 14.4 Å². The first-order valence-electron chi connectivity index (χ1n) is 10.0. The number of methoxy groups -OCH3 is 1. The topological polar surface area (TPSA) is 79.0 Å². The molecule has 1 fully saturated rings. The summed E-state index contributed by atoms with van der Waals surface area (Å²) < 4.78 is 5.16. The Hall–Kier alpha value is -3.35. The predicted molar refractivity (Wildman–Crippen MR) is 114 cm³/mol. The van der Waals surface area contributed by atoms with Gasteiger partial charge in [-0.3, -0.25) is 14.5 Å². The second-order valence-electron chi connectivity index (χ2n) is 7.48. The van der Waals surface area contributed by atoms with Gasteiger partial charge in [-0.25, -0.2) is 4.79 Å². The number of anilines is 1. The van der Waals surface area contributed by atoms with Gasteiger partial charge in [0.1, 0.15) is 17.8 Å². The third kappa shape index (κ3) is 4.45. The van der Waals surface area contributed by atoms with Crippen molar-refractivity contribution in [3.05, 3.63) is 60.2 Å². The highest BCUT2D eigenvalue weighted by Gasteiger charge is 2.48. The summed E-state index contributed by atoms with van der Waals surface area (Å²) in [4.78, 5) is 40.9. The number of benzene rings is 2. The van der Waals surface area contributed by atoms with E-state index in [2.05, 4.69) is 5.32 Å². The molecule has 0 bridgehead atoms. The molecule has 1 aliphatic heterocycles. The summed E-state index contributed by atoms with van der Waals surface area (Å²) in [6.45, 7) is 3.72. The Balaban J connectivity index is 1.66. The van der Waals surface area contributed by atoms with E-state index in [1.54, 1.807) is 18.9 Å². The Labute approximate surface area is 176 Å². The number of aryl methyl sites for hydroxylation is 1. The molecule has 7 nitrogen and oxygen atoms in total. The number of imide groups is 1. The molecule has 7 heteroatoms. The van der Waals surface area contributed by atoms with Crippen LogP contribution in [0.3, 0.4) is 0 Å². The fourth-order valence-electron chi connectivity index (χ4n) is 3.58. The Bertz CT molecular complexity index is 914. The van der Waals surface area contributed by atoms with Crippen LogP contribution in [0.5, 0.6) is 5.75 Å². The van der Waals surface area contributed by atoms with E-state index in [1.807, 2.05) is 61.5 Å². The van der Waals surface area contributed by atoms with E-state index >= 15 is 0 Å². The quantitative estimate of drug-likeness (QED) is 0.680. The Kier molecular flexibility index (Phi) is 6.40. The fraction of sp³-hybridized carbons (Fsp3) is 0.348. The van der Waals surface area contributed by atoms with Crippen molar-refractivity contribution in [2.24, 2.45) is 0 Å². The fourth-order valence-corrected chi connectivity index (χ4v) is 3.58. The molecule has 0 aromatic heterocycles. The van der Waals surface area contributed by atoms with Crippen molar-refractivity contribution in [1.82, 2.24) is 10.2 Å². The molecule has 1 atom stereocenters. The largest absolute Gasteiger partial charge is 0.497 e. The molecule has 2 aromatic rings. The van der Waals surface area contributed by atoms with Gasteiger partial charge in [-0.2, -0.15) is 0 Å². The lowest BCUT2D eigenvalue weighted by atomic mass is 9.93. The number of likely N-dealkylation sites (N-methyl/N-ethyl adjacent to an activating group) is 1. The van der Waals surface area contributed by atoms with Crippen LogP contribution in [-0.4, -0.2) is 48.5 Å². The van der Waals surface area contributed by atoms with Crippen LogP contribution in [0, 0.1) is 0 Å². The summed E-state index contributed by atoms with van der Waals surface area (Å²) in [7, 11) is 1.61. The van der Waals surface area contributed by atoms with Gasteiger partial charge in [0.2, 0.25) is 5.91 Å². The molecule has 3 rings (SSSR count). The maximum atomic E-state index is 13.0. The lowest BCUT2D eigenvalue weighted by Gasteiger charge is -2.24. The number of urea groups is 1. The predicted octanol–water partition coefficient (Wildman–Crippen LogP) is 2.99. The number of carbonyl (C=O) groups excluding carboxylic acids is 3. The van der Waals surface area contributed by atoms with Crippen LogP contribution in [-0.2, 0) is 16.0 Å². The van der Waals surface area contributed by atoms with Crippen LogP contribution in [0.15, 0.2) is 54.6 Å². The first kappa shape index (κ1) is 21.4. The van der Waals surface area contributed by atoms with Crippen LogP contribution < -0.4 is 15.0 Å². The number of carbonyl (C=O) groups is 3. The summed E-state index contributed by atoms with van der Waals surface area (Å²) in [6, 6.07) is 16.3. The summed E-state index contributed by atoms with van der Waals surface area (Å²) in [5.74, 6) is 0.0869. The molecular formula is C23H27N3O4. The first-order chi connectivity index (χ1) is 14.4. The van der Waals surface area contributed by atoms with Gasteiger partial charge in [0, 0.05) is 12.2 Å². The SMILES string of the molecule is CCN(C(=O)CN1C(=O)N[C@@](C)(CCc2ccc(OC)cc2)C1=O)c1ccccc1. The number of amides is 4. The lowest BCUT2D eigenvalue weighted by molar-refractivity contribution is -0.134. The first-order valence-corrected chi connectivity index (χ1v) is 10.0. The number of rotatable bonds is 8. The molecule has 0 spiro atoms. The van der Waals surface area contributed by atoms with E-state index < -0.39 is 11.6 Å². The minimum atomic E-state index is -1.04. The van der Waals surface area contributed by atoms with E-state index in [-0.39, 0.29) is 18.4 Å². The molecular weight excluding hydrogens is 382 g/mol. The van der Waals surface area contributed by atoms with Crippen molar-refractivity contribution in [2.75, 3.05) is 25.1 Å². The average Bonchev–Trinajstić information content (AvgIpc) is 2.97. The molecule has 0 unspecified atom stereocenters. The van der Waals surface area contributed by atoms with Gasteiger partial charge in [-0.15, -0.1) is 0 Å². The zero-order valence-electron chi connectivity index (χ0n) is 17.6. The minimum absolute atomic E-state index is 0.286. The number of hydrogen-bond donors (Lipinski definition) is 1. The van der Waals surface area contributed by atoms with E-state index in [4.69, 9.17) is 4.74 Å². The van der Waals surface area contributed by atoms with Crippen molar-refractivity contribution in [2.45, 2.75) is 32.2 Å². The molecule has 1 N–H and O–H groups in total. The number of nitrogens with zero attached hydrogens (tertiary/aromatic N) is 2. The second-order valence-corrected chi connectivity index (χ2v) is 7.48. The molecule has 0 aliphatic carbocycles. The summed E-state index contributed by atoms with van der Waals surface area (Å²) >= 11 is 0. The maximum absolute atomic E-state index is 13.0. The zero-order chi connectivity index (χ0) is 21.7. The van der Waals surface area contributed by atoms with Gasteiger partial charge in [0.25, 0.3) is 5.91 Å². The molecule has 2 aromatic carbocycles. The van der Waals surface area contributed by atoms with E-state index in [0.29, 0.717) is 19.4 Å². The molecule has 4 amide bonds.